The molecular weight excluding hydrogens is 288 g/mol. The third-order valence-corrected chi connectivity index (χ3v) is 6.60. The minimum absolute atomic E-state index is 0.291. The summed E-state index contributed by atoms with van der Waals surface area (Å²) in [6, 6.07) is 8.32. The molecule has 1 atom stereocenters. The summed E-state index contributed by atoms with van der Waals surface area (Å²) in [5, 5.41) is 0.399. The van der Waals surface area contributed by atoms with Crippen molar-refractivity contribution >= 4 is 12.7 Å². The molecule has 1 aromatic rings. The fourth-order valence-corrected chi connectivity index (χ4v) is 5.37. The lowest BCUT2D eigenvalue weighted by molar-refractivity contribution is -0.153. The van der Waals surface area contributed by atoms with Crippen LogP contribution in [0.15, 0.2) is 30.3 Å². The highest BCUT2D eigenvalue weighted by Crippen LogP contribution is 2.56. The van der Waals surface area contributed by atoms with Crippen molar-refractivity contribution in [2.75, 3.05) is 6.61 Å². The fourth-order valence-electron chi connectivity index (χ4n) is 2.62. The monoisotopic (exact) mass is 306 g/mol. The van der Waals surface area contributed by atoms with Gasteiger partial charge in [-0.15, -0.1) is 0 Å². The third kappa shape index (κ3) is 3.86. The fraction of sp³-hybridized carbons (Fsp3) is 0.571. The maximum Gasteiger partial charge on any atom is 0.412 e. The number of hydrogen-bond donors (Lipinski definition) is 0. The van der Waals surface area contributed by atoms with E-state index in [1.165, 1.54) is 0 Å². The Morgan fingerprint density at radius 1 is 1.10 bits per heavy atom. The zero-order valence-electron chi connectivity index (χ0n) is 11.1. The van der Waals surface area contributed by atoms with Crippen LogP contribution in [0, 0.1) is 0 Å². The molecule has 2 rings (SSSR count). The molecule has 0 radical (unpaired) electrons. The molecule has 1 fully saturated rings. The summed E-state index contributed by atoms with van der Waals surface area (Å²) >= 11 is 0. The molecule has 1 saturated carbocycles. The Labute approximate surface area is 116 Å². The van der Waals surface area contributed by atoms with Crippen molar-refractivity contribution in [1.29, 1.82) is 0 Å². The summed E-state index contributed by atoms with van der Waals surface area (Å²) in [6.45, 7) is -1.45. The minimum Gasteiger partial charge on any atom is -0.316 e. The standard InChI is InChI=1S/C14H18F3O2P/c15-14(16,17)11-19-20(18,12-7-3-1-4-8-12)13-9-5-2-6-10-13/h1,3-4,7-8,13H,2,5-6,9-11H2. The lowest BCUT2D eigenvalue weighted by Crippen LogP contribution is -2.26. The molecule has 1 aliphatic rings. The lowest BCUT2D eigenvalue weighted by Gasteiger charge is -2.30. The molecule has 0 aromatic heterocycles. The molecule has 112 valence electrons. The molecule has 0 saturated heterocycles. The van der Waals surface area contributed by atoms with E-state index in [9.17, 15) is 17.7 Å². The minimum atomic E-state index is -4.46. The van der Waals surface area contributed by atoms with Gasteiger partial charge in [0.05, 0.1) is 0 Å². The molecule has 1 aromatic carbocycles. The SMILES string of the molecule is O=P(OCC(F)(F)F)(c1ccccc1)C1CCCCC1. The third-order valence-electron chi connectivity index (χ3n) is 3.59. The van der Waals surface area contributed by atoms with E-state index >= 15 is 0 Å². The van der Waals surface area contributed by atoms with Gasteiger partial charge in [-0.3, -0.25) is 4.57 Å². The highest BCUT2D eigenvalue weighted by atomic mass is 31.2. The van der Waals surface area contributed by atoms with Crippen molar-refractivity contribution in [3.63, 3.8) is 0 Å². The van der Waals surface area contributed by atoms with Crippen LogP contribution in [0.25, 0.3) is 0 Å². The first-order valence-corrected chi connectivity index (χ1v) is 8.48. The van der Waals surface area contributed by atoms with Gasteiger partial charge in [0.1, 0.15) is 0 Å². The summed E-state index contributed by atoms with van der Waals surface area (Å²) in [5.74, 6) is 0. The normalized spacial score (nSPS) is 20.6. The van der Waals surface area contributed by atoms with Gasteiger partial charge in [-0.2, -0.15) is 13.2 Å². The van der Waals surface area contributed by atoms with Crippen molar-refractivity contribution in [3.05, 3.63) is 30.3 Å². The second-order valence-electron chi connectivity index (χ2n) is 5.11. The Balaban J connectivity index is 2.25. The Bertz CT molecular complexity index is 467. The van der Waals surface area contributed by atoms with Crippen LogP contribution in [0.2, 0.25) is 0 Å². The van der Waals surface area contributed by atoms with Crippen LogP contribution in [-0.4, -0.2) is 18.4 Å². The van der Waals surface area contributed by atoms with Crippen molar-refractivity contribution in [3.8, 4) is 0 Å². The lowest BCUT2D eigenvalue weighted by atomic mass is 10.0. The highest BCUT2D eigenvalue weighted by Gasteiger charge is 2.40. The van der Waals surface area contributed by atoms with Crippen LogP contribution < -0.4 is 5.30 Å². The quantitative estimate of drug-likeness (QED) is 0.766. The Hall–Kier alpha value is -0.800. The van der Waals surface area contributed by atoms with Gasteiger partial charge in [-0.1, -0.05) is 37.5 Å². The molecule has 0 spiro atoms. The average Bonchev–Trinajstić information content (AvgIpc) is 2.46. The summed E-state index contributed by atoms with van der Waals surface area (Å²) in [7, 11) is -3.46. The van der Waals surface area contributed by atoms with Gasteiger partial charge in [0.2, 0.25) is 7.37 Å². The number of rotatable bonds is 4. The molecule has 0 heterocycles. The summed E-state index contributed by atoms with van der Waals surface area (Å²) in [6.07, 6.45) is -0.272. The van der Waals surface area contributed by atoms with Crippen LogP contribution in [0.5, 0.6) is 0 Å². The van der Waals surface area contributed by atoms with Crippen LogP contribution in [-0.2, 0) is 9.09 Å². The second kappa shape index (κ2) is 6.31. The van der Waals surface area contributed by atoms with E-state index in [0.29, 0.717) is 18.1 Å². The molecule has 6 heteroatoms. The van der Waals surface area contributed by atoms with E-state index in [0.717, 1.165) is 19.3 Å². The number of hydrogen-bond acceptors (Lipinski definition) is 2. The largest absolute Gasteiger partial charge is 0.412 e. The molecule has 0 N–H and O–H groups in total. The number of alkyl halides is 3. The molecule has 2 nitrogen and oxygen atoms in total. The van der Waals surface area contributed by atoms with Gasteiger partial charge in [0.15, 0.2) is 6.61 Å². The van der Waals surface area contributed by atoms with E-state index in [-0.39, 0.29) is 5.66 Å². The molecule has 0 bridgehead atoms. The molecular formula is C14H18F3O2P. The highest BCUT2D eigenvalue weighted by molar-refractivity contribution is 7.67. The smallest absolute Gasteiger partial charge is 0.316 e. The van der Waals surface area contributed by atoms with Crippen molar-refractivity contribution in [1.82, 2.24) is 0 Å². The predicted molar refractivity (Wildman–Crippen MR) is 72.6 cm³/mol. The number of benzene rings is 1. The van der Waals surface area contributed by atoms with E-state index in [1.807, 2.05) is 0 Å². The average molecular weight is 306 g/mol. The van der Waals surface area contributed by atoms with E-state index < -0.39 is 20.2 Å². The Morgan fingerprint density at radius 3 is 2.25 bits per heavy atom. The van der Waals surface area contributed by atoms with Gasteiger partial charge in [0, 0.05) is 11.0 Å². The topological polar surface area (TPSA) is 26.3 Å². The van der Waals surface area contributed by atoms with Crippen LogP contribution in [0.1, 0.15) is 32.1 Å². The Morgan fingerprint density at radius 2 is 1.70 bits per heavy atom. The number of halogens is 3. The zero-order valence-corrected chi connectivity index (χ0v) is 12.0. The first kappa shape index (κ1) is 15.6. The first-order chi connectivity index (χ1) is 9.42. The first-order valence-electron chi connectivity index (χ1n) is 6.78. The summed E-state index contributed by atoms with van der Waals surface area (Å²) < 4.78 is 55.3. The van der Waals surface area contributed by atoms with E-state index in [4.69, 9.17) is 4.52 Å². The molecule has 0 amide bonds. The van der Waals surface area contributed by atoms with Gasteiger partial charge in [0.25, 0.3) is 0 Å². The van der Waals surface area contributed by atoms with Gasteiger partial charge in [-0.05, 0) is 25.0 Å². The molecule has 1 aliphatic carbocycles. The molecule has 0 aliphatic heterocycles. The van der Waals surface area contributed by atoms with Crippen LogP contribution in [0.4, 0.5) is 13.2 Å². The zero-order chi connectivity index (χ0) is 14.6. The maximum atomic E-state index is 13.1. The van der Waals surface area contributed by atoms with Crippen molar-refractivity contribution < 1.29 is 22.3 Å². The van der Waals surface area contributed by atoms with E-state index in [2.05, 4.69) is 0 Å². The van der Waals surface area contributed by atoms with Gasteiger partial charge < -0.3 is 4.52 Å². The van der Waals surface area contributed by atoms with Crippen molar-refractivity contribution in [2.45, 2.75) is 43.9 Å². The molecule has 1 unspecified atom stereocenters. The maximum absolute atomic E-state index is 13.1. The molecule has 20 heavy (non-hydrogen) atoms. The second-order valence-corrected chi connectivity index (χ2v) is 7.81. The summed E-state index contributed by atoms with van der Waals surface area (Å²) in [4.78, 5) is 0. The Kier molecular flexibility index (Phi) is 4.92. The summed E-state index contributed by atoms with van der Waals surface area (Å²) in [5.41, 5.74) is -0.291. The van der Waals surface area contributed by atoms with Gasteiger partial charge >= 0.3 is 6.18 Å². The van der Waals surface area contributed by atoms with Crippen LogP contribution in [0.3, 0.4) is 0 Å². The van der Waals surface area contributed by atoms with Crippen molar-refractivity contribution in [2.24, 2.45) is 0 Å². The predicted octanol–water partition coefficient (Wildman–Crippen LogP) is 4.50. The van der Waals surface area contributed by atoms with Crippen LogP contribution >= 0.6 is 7.37 Å². The van der Waals surface area contributed by atoms with Gasteiger partial charge in [-0.25, -0.2) is 0 Å². The van der Waals surface area contributed by atoms with E-state index in [1.54, 1.807) is 30.3 Å².